The van der Waals surface area contributed by atoms with Gasteiger partial charge in [-0.2, -0.15) is 0 Å². The van der Waals surface area contributed by atoms with Crippen molar-refractivity contribution in [3.05, 3.63) is 273 Å². The van der Waals surface area contributed by atoms with Gasteiger partial charge in [0.2, 0.25) is 0 Å². The van der Waals surface area contributed by atoms with Crippen molar-refractivity contribution in [2.45, 2.75) is 52.4 Å². The van der Waals surface area contributed by atoms with Gasteiger partial charge < -0.3 is 9.88 Å². The fraction of sp³-hybridized carbons (Fsp3) is 0.118. The van der Waals surface area contributed by atoms with E-state index in [1.54, 1.807) is 0 Å². The van der Waals surface area contributed by atoms with Gasteiger partial charge in [-0.15, -0.1) is 12.8 Å². The Morgan fingerprint density at radius 1 is 0.586 bits per heavy atom. The summed E-state index contributed by atoms with van der Waals surface area (Å²) in [6, 6.07) is 65.5. The summed E-state index contributed by atoms with van der Waals surface area (Å²) in [6.07, 6.45) is 21.4. The Labute approximate surface area is 413 Å². The monoisotopic (exact) mass is 900 g/mol. The number of hydrogen-bond donors (Lipinski definition) is 1. The van der Waals surface area contributed by atoms with Crippen LogP contribution in [0.5, 0.6) is 0 Å². The Kier molecular flexibility index (Phi) is 10.9. The zero-order chi connectivity index (χ0) is 48.3. The Morgan fingerprint density at radius 2 is 1.21 bits per heavy atom. The summed E-state index contributed by atoms with van der Waals surface area (Å²) in [5.74, 6) is 0. The van der Waals surface area contributed by atoms with E-state index in [0.717, 1.165) is 16.8 Å². The van der Waals surface area contributed by atoms with Crippen LogP contribution in [0.1, 0.15) is 84.7 Å². The van der Waals surface area contributed by atoms with Crippen molar-refractivity contribution in [3.63, 3.8) is 0 Å². The van der Waals surface area contributed by atoms with Crippen LogP contribution in [0.2, 0.25) is 0 Å². The molecule has 70 heavy (non-hydrogen) atoms. The zero-order valence-electron chi connectivity index (χ0n) is 40.8. The van der Waals surface area contributed by atoms with Gasteiger partial charge in [-0.3, -0.25) is 0 Å². The topological polar surface area (TPSA) is 17.0 Å². The predicted octanol–water partition coefficient (Wildman–Crippen LogP) is 17.3. The molecule has 0 saturated heterocycles. The molecule has 1 unspecified atom stereocenters. The van der Waals surface area contributed by atoms with Gasteiger partial charge in [-0.05, 0) is 159 Å². The molecule has 0 amide bonds. The first-order valence-electron chi connectivity index (χ1n) is 24.4. The lowest BCUT2D eigenvalue weighted by atomic mass is 9.65. The number of nitrogens with one attached hydrogen (secondary N) is 1. The molecule has 0 fully saturated rings. The number of fused-ring (bicyclic) bond motifs is 15. The molecule has 1 N–H and O–H groups in total. The van der Waals surface area contributed by atoms with Gasteiger partial charge in [0.1, 0.15) is 0 Å². The molecule has 0 radical (unpaired) electrons. The van der Waals surface area contributed by atoms with Crippen molar-refractivity contribution in [2.24, 2.45) is 0 Å². The summed E-state index contributed by atoms with van der Waals surface area (Å²) in [7, 11) is 0. The third-order valence-corrected chi connectivity index (χ3v) is 15.5. The molecule has 1 spiro atoms. The van der Waals surface area contributed by atoms with E-state index >= 15 is 0 Å². The number of aryl methyl sites for hydroxylation is 1. The maximum Gasteiger partial charge on any atom is 0.0754 e. The molecule has 1 aliphatic heterocycles. The first-order chi connectivity index (χ1) is 34.2. The fourth-order valence-corrected chi connectivity index (χ4v) is 12.2. The third-order valence-electron chi connectivity index (χ3n) is 15.5. The molecule has 2 aliphatic carbocycles. The van der Waals surface area contributed by atoms with Crippen LogP contribution < -0.4 is 5.32 Å². The summed E-state index contributed by atoms with van der Waals surface area (Å²) in [4.78, 5) is 0. The minimum absolute atomic E-state index is 0.0570. The number of nitrogens with zero attached hydrogens (tertiary/aromatic N) is 1. The van der Waals surface area contributed by atoms with Gasteiger partial charge in [-0.25, -0.2) is 0 Å². The molecule has 1 atom stereocenters. The molecule has 2 heteroatoms. The number of terminal acetylenes is 1. The predicted molar refractivity (Wildman–Crippen MR) is 299 cm³/mol. The second-order valence-electron chi connectivity index (χ2n) is 19.3. The van der Waals surface area contributed by atoms with Crippen molar-refractivity contribution < 1.29 is 0 Å². The van der Waals surface area contributed by atoms with Gasteiger partial charge in [0, 0.05) is 28.1 Å². The second-order valence-corrected chi connectivity index (χ2v) is 19.3. The van der Waals surface area contributed by atoms with Crippen LogP contribution in [0.25, 0.3) is 61.4 Å². The number of aromatic nitrogens is 1. The lowest BCUT2D eigenvalue weighted by Gasteiger charge is -2.39. The van der Waals surface area contributed by atoms with E-state index in [2.05, 4.69) is 277 Å². The van der Waals surface area contributed by atoms with Crippen molar-refractivity contribution in [3.8, 4) is 40.8 Å². The Bertz CT molecular complexity index is 3780. The minimum Gasteiger partial charge on any atom is -0.362 e. The Hall–Kier alpha value is -8.38. The summed E-state index contributed by atoms with van der Waals surface area (Å²) < 4.78 is 2.52. The molecule has 9 aromatic rings. The number of benzene rings is 8. The third kappa shape index (κ3) is 6.57. The summed E-state index contributed by atoms with van der Waals surface area (Å²) in [6.45, 7) is 13.6. The summed E-state index contributed by atoms with van der Waals surface area (Å²) in [5, 5.41) is 6.21. The van der Waals surface area contributed by atoms with Gasteiger partial charge in [0.05, 0.1) is 22.1 Å². The number of para-hydroxylation sites is 3. The van der Waals surface area contributed by atoms with Crippen LogP contribution in [0, 0.1) is 19.8 Å². The minimum atomic E-state index is -0.503. The maximum atomic E-state index is 4.00. The van der Waals surface area contributed by atoms with E-state index in [0.29, 0.717) is 0 Å². The highest BCUT2D eigenvalue weighted by atomic mass is 15.0. The first kappa shape index (κ1) is 44.1. The second kappa shape index (κ2) is 17.3. The Morgan fingerprint density at radius 3 is 2.01 bits per heavy atom. The highest BCUT2D eigenvalue weighted by Gasteiger charge is 2.50. The molecule has 3 aliphatic rings. The number of anilines is 1. The molecule has 0 saturated carbocycles. The number of rotatable bonds is 8. The van der Waals surface area contributed by atoms with Crippen molar-refractivity contribution in [1.29, 1.82) is 0 Å². The van der Waals surface area contributed by atoms with E-state index < -0.39 is 5.41 Å². The number of hydrogen-bond acceptors (Lipinski definition) is 1. The van der Waals surface area contributed by atoms with Crippen LogP contribution in [0.4, 0.5) is 5.69 Å². The normalized spacial score (nSPS) is 16.4. The molecular formula is C68H56N2. The zero-order valence-corrected chi connectivity index (χ0v) is 40.8. The Balaban J connectivity index is 0.00000263. The standard InChI is InChI=1S/C66H54N2.C2H2/c1-7-48(43(3)44(4)49-22-9-8-20-42(49)2)46(21-19-39-67-47-36-38-52-50-23-10-13-27-56(50)65(5,6)60(52)41-47)35-33-45-34-37-53-51-24-11-14-28-57(51)66(61(53)40-45)58-29-15-17-32-63(58)68-62-31-16-12-25-54(62)55-26-18-30-59(66)64(55)68;1-2/h7-41,67H,1-6H3;1-2H/b35-33-,39-19+,44-43+,46-21+,48-7+;. The van der Waals surface area contributed by atoms with E-state index in [1.807, 2.05) is 0 Å². The lowest BCUT2D eigenvalue weighted by Crippen LogP contribution is -2.33. The first-order valence-corrected chi connectivity index (χ1v) is 24.4. The highest BCUT2D eigenvalue weighted by molar-refractivity contribution is 6.13. The molecule has 338 valence electrons. The molecule has 12 rings (SSSR count). The average molecular weight is 901 g/mol. The van der Waals surface area contributed by atoms with Crippen molar-refractivity contribution >= 4 is 39.1 Å². The van der Waals surface area contributed by atoms with E-state index in [1.165, 1.54) is 111 Å². The maximum absolute atomic E-state index is 4.00. The van der Waals surface area contributed by atoms with Crippen LogP contribution in [-0.2, 0) is 10.8 Å². The van der Waals surface area contributed by atoms with Crippen molar-refractivity contribution in [2.75, 3.05) is 5.32 Å². The quantitative estimate of drug-likeness (QED) is 0.119. The van der Waals surface area contributed by atoms with Crippen molar-refractivity contribution in [1.82, 2.24) is 4.57 Å². The van der Waals surface area contributed by atoms with Gasteiger partial charge in [0.25, 0.3) is 0 Å². The smallest absolute Gasteiger partial charge is 0.0754 e. The molecule has 2 nitrogen and oxygen atoms in total. The summed E-state index contributed by atoms with van der Waals surface area (Å²) >= 11 is 0. The van der Waals surface area contributed by atoms with Gasteiger partial charge >= 0.3 is 0 Å². The fourth-order valence-electron chi connectivity index (χ4n) is 12.2. The molecule has 0 bridgehead atoms. The lowest BCUT2D eigenvalue weighted by molar-refractivity contribution is 0.660. The van der Waals surface area contributed by atoms with E-state index in [-0.39, 0.29) is 5.41 Å². The largest absolute Gasteiger partial charge is 0.362 e. The van der Waals surface area contributed by atoms with Gasteiger partial charge in [0.15, 0.2) is 0 Å². The van der Waals surface area contributed by atoms with Gasteiger partial charge in [-0.1, -0.05) is 184 Å². The van der Waals surface area contributed by atoms with E-state index in [4.69, 9.17) is 0 Å². The average Bonchev–Trinajstić information content (AvgIpc) is 3.98. The highest BCUT2D eigenvalue weighted by Crippen LogP contribution is 2.61. The van der Waals surface area contributed by atoms with Crippen LogP contribution >= 0.6 is 0 Å². The van der Waals surface area contributed by atoms with Crippen LogP contribution in [0.15, 0.2) is 223 Å². The molecule has 2 heterocycles. The molecule has 8 aromatic carbocycles. The molecular weight excluding hydrogens is 845 g/mol. The number of allylic oxidation sites excluding steroid dienone is 8. The van der Waals surface area contributed by atoms with Crippen LogP contribution in [0.3, 0.4) is 0 Å². The van der Waals surface area contributed by atoms with E-state index in [9.17, 15) is 0 Å². The SMILES string of the molecule is C#C.C/C=C(C(/C=C\c1ccc2c(c1)C1(c3ccccc3-2)c2ccccc2-n2c3ccccc3c3cccc1c32)=C/C=C/Nc1ccc2c(c1)C(C)(C)c1ccccc1-2)\C(C)=C(/C)c1ccccc1C. The molecule has 1 aromatic heterocycles. The summed E-state index contributed by atoms with van der Waals surface area (Å²) in [5.41, 5.74) is 26.2. The van der Waals surface area contributed by atoms with Crippen LogP contribution in [-0.4, -0.2) is 4.57 Å².